The first-order valence-corrected chi connectivity index (χ1v) is 8.54. The summed E-state index contributed by atoms with van der Waals surface area (Å²) in [6.45, 7) is 3.72. The van der Waals surface area contributed by atoms with E-state index in [1.54, 1.807) is 24.3 Å². The first-order chi connectivity index (χ1) is 8.79. The van der Waals surface area contributed by atoms with E-state index < -0.39 is 10.0 Å². The van der Waals surface area contributed by atoms with Gasteiger partial charge in [0.2, 0.25) is 0 Å². The second-order valence-electron chi connectivity index (χ2n) is 4.20. The first kappa shape index (κ1) is 14.4. The standard InChI is InChI=1S/C12H13BrN2O2S2/c1-7-3-4-9(6-10(7)14)15-19(16,17)11-5-8(2)12(13)18-11/h3-6,15H,14H2,1-2H3. The SMILES string of the molecule is Cc1ccc(NS(=O)(=O)c2cc(C)c(Br)s2)cc1N. The number of anilines is 2. The molecule has 0 aliphatic carbocycles. The number of benzene rings is 1. The van der Waals surface area contributed by atoms with Crippen molar-refractivity contribution in [2.45, 2.75) is 18.1 Å². The smallest absolute Gasteiger partial charge is 0.271 e. The number of nitrogens with one attached hydrogen (secondary N) is 1. The number of sulfonamides is 1. The number of hydrogen-bond acceptors (Lipinski definition) is 4. The van der Waals surface area contributed by atoms with Crippen molar-refractivity contribution in [1.82, 2.24) is 0 Å². The molecule has 0 saturated heterocycles. The fourth-order valence-corrected chi connectivity index (χ4v) is 4.75. The van der Waals surface area contributed by atoms with E-state index in [4.69, 9.17) is 5.73 Å². The van der Waals surface area contributed by atoms with Crippen molar-refractivity contribution in [3.8, 4) is 0 Å². The van der Waals surface area contributed by atoms with E-state index in [9.17, 15) is 8.42 Å². The highest BCUT2D eigenvalue weighted by Gasteiger charge is 2.18. The summed E-state index contributed by atoms with van der Waals surface area (Å²) in [6.07, 6.45) is 0. The van der Waals surface area contributed by atoms with Crippen molar-refractivity contribution in [1.29, 1.82) is 0 Å². The number of nitrogen functional groups attached to an aromatic ring is 1. The third-order valence-corrected chi connectivity index (χ3v) is 6.62. The number of thiophene rings is 1. The molecule has 0 radical (unpaired) electrons. The van der Waals surface area contributed by atoms with Crippen molar-refractivity contribution < 1.29 is 8.42 Å². The largest absolute Gasteiger partial charge is 0.398 e. The minimum atomic E-state index is -3.56. The molecular weight excluding hydrogens is 348 g/mol. The molecule has 0 aliphatic heterocycles. The van der Waals surface area contributed by atoms with Crippen molar-refractivity contribution in [3.05, 3.63) is 39.2 Å². The van der Waals surface area contributed by atoms with Crippen LogP contribution in [0.15, 0.2) is 32.3 Å². The van der Waals surface area contributed by atoms with E-state index in [1.165, 1.54) is 11.3 Å². The number of halogens is 1. The molecule has 0 atom stereocenters. The Bertz CT molecular complexity index is 704. The molecule has 0 unspecified atom stereocenters. The number of hydrogen-bond donors (Lipinski definition) is 2. The van der Waals surface area contributed by atoms with Crippen molar-refractivity contribution in [2.24, 2.45) is 0 Å². The molecule has 102 valence electrons. The van der Waals surface area contributed by atoms with E-state index in [2.05, 4.69) is 20.7 Å². The van der Waals surface area contributed by atoms with Crippen LogP contribution in [0.1, 0.15) is 11.1 Å². The van der Waals surface area contributed by atoms with Gasteiger partial charge in [0.05, 0.1) is 9.47 Å². The zero-order valence-corrected chi connectivity index (χ0v) is 13.6. The zero-order valence-electron chi connectivity index (χ0n) is 10.4. The second kappa shape index (κ2) is 5.15. The molecule has 19 heavy (non-hydrogen) atoms. The molecule has 2 rings (SSSR count). The van der Waals surface area contributed by atoms with Crippen LogP contribution in [-0.2, 0) is 10.0 Å². The van der Waals surface area contributed by atoms with Gasteiger partial charge in [0.1, 0.15) is 4.21 Å². The van der Waals surface area contributed by atoms with E-state index in [0.29, 0.717) is 11.4 Å². The van der Waals surface area contributed by atoms with Crippen LogP contribution in [0, 0.1) is 13.8 Å². The van der Waals surface area contributed by atoms with Crippen LogP contribution < -0.4 is 10.5 Å². The molecule has 0 aliphatic rings. The Hall–Kier alpha value is -1.05. The molecule has 1 aromatic carbocycles. The Balaban J connectivity index is 2.33. The summed E-state index contributed by atoms with van der Waals surface area (Å²) in [5, 5.41) is 0. The van der Waals surface area contributed by atoms with Crippen LogP contribution in [0.25, 0.3) is 0 Å². The summed E-state index contributed by atoms with van der Waals surface area (Å²) in [5.41, 5.74) is 8.60. The second-order valence-corrected chi connectivity index (χ2v) is 8.48. The van der Waals surface area contributed by atoms with E-state index in [0.717, 1.165) is 14.9 Å². The Morgan fingerprint density at radius 2 is 1.89 bits per heavy atom. The predicted octanol–water partition coefficient (Wildman–Crippen LogP) is 3.51. The topological polar surface area (TPSA) is 72.2 Å². The van der Waals surface area contributed by atoms with Gasteiger partial charge in [-0.3, -0.25) is 4.72 Å². The maximum absolute atomic E-state index is 12.2. The first-order valence-electron chi connectivity index (χ1n) is 5.44. The van der Waals surface area contributed by atoms with Gasteiger partial charge in [-0.05, 0) is 59.1 Å². The molecular formula is C12H13BrN2O2S2. The van der Waals surface area contributed by atoms with Gasteiger partial charge in [-0.15, -0.1) is 11.3 Å². The summed E-state index contributed by atoms with van der Waals surface area (Å²) >= 11 is 4.50. The van der Waals surface area contributed by atoms with Crippen molar-refractivity contribution in [3.63, 3.8) is 0 Å². The highest BCUT2D eigenvalue weighted by Crippen LogP contribution is 2.31. The Morgan fingerprint density at radius 1 is 1.21 bits per heavy atom. The van der Waals surface area contributed by atoms with Gasteiger partial charge in [0, 0.05) is 5.69 Å². The van der Waals surface area contributed by atoms with Crippen molar-refractivity contribution in [2.75, 3.05) is 10.5 Å². The van der Waals surface area contributed by atoms with Crippen LogP contribution in [0.3, 0.4) is 0 Å². The Morgan fingerprint density at radius 3 is 2.42 bits per heavy atom. The lowest BCUT2D eigenvalue weighted by Crippen LogP contribution is -2.11. The average molecular weight is 361 g/mol. The molecule has 4 nitrogen and oxygen atoms in total. The summed E-state index contributed by atoms with van der Waals surface area (Å²) in [7, 11) is -3.56. The molecule has 1 aromatic heterocycles. The third kappa shape index (κ3) is 3.10. The monoisotopic (exact) mass is 360 g/mol. The van der Waals surface area contributed by atoms with E-state index in [1.807, 2.05) is 13.8 Å². The molecule has 0 fully saturated rings. The lowest BCUT2D eigenvalue weighted by molar-refractivity contribution is 0.603. The molecule has 2 aromatic rings. The van der Waals surface area contributed by atoms with Crippen LogP contribution in [0.5, 0.6) is 0 Å². The van der Waals surface area contributed by atoms with E-state index >= 15 is 0 Å². The summed E-state index contributed by atoms with van der Waals surface area (Å²) < 4.78 is 28.0. The minimum absolute atomic E-state index is 0.274. The van der Waals surface area contributed by atoms with Gasteiger partial charge in [0.15, 0.2) is 0 Å². The lowest BCUT2D eigenvalue weighted by atomic mass is 10.2. The van der Waals surface area contributed by atoms with E-state index in [-0.39, 0.29) is 4.21 Å². The molecule has 3 N–H and O–H groups in total. The maximum atomic E-state index is 12.2. The third-order valence-electron chi connectivity index (χ3n) is 2.63. The molecule has 0 saturated carbocycles. The molecule has 7 heteroatoms. The Kier molecular flexibility index (Phi) is 3.89. The van der Waals surface area contributed by atoms with Gasteiger partial charge in [-0.25, -0.2) is 8.42 Å². The quantitative estimate of drug-likeness (QED) is 0.822. The zero-order chi connectivity index (χ0) is 14.2. The number of nitrogens with two attached hydrogens (primary N) is 1. The van der Waals surface area contributed by atoms with Gasteiger partial charge in [-0.1, -0.05) is 6.07 Å². The van der Waals surface area contributed by atoms with Gasteiger partial charge >= 0.3 is 0 Å². The number of rotatable bonds is 3. The molecule has 0 amide bonds. The maximum Gasteiger partial charge on any atom is 0.271 e. The average Bonchev–Trinajstić information content (AvgIpc) is 2.65. The molecule has 0 bridgehead atoms. The normalized spacial score (nSPS) is 11.5. The fraction of sp³-hybridized carbons (Fsp3) is 0.167. The van der Waals surface area contributed by atoms with Gasteiger partial charge < -0.3 is 5.73 Å². The highest BCUT2D eigenvalue weighted by atomic mass is 79.9. The minimum Gasteiger partial charge on any atom is -0.398 e. The summed E-state index contributed by atoms with van der Waals surface area (Å²) in [5.74, 6) is 0. The molecule has 0 spiro atoms. The van der Waals surface area contributed by atoms with Crippen LogP contribution in [0.4, 0.5) is 11.4 Å². The van der Waals surface area contributed by atoms with Crippen LogP contribution in [0.2, 0.25) is 0 Å². The predicted molar refractivity (Wildman–Crippen MR) is 83.2 cm³/mol. The highest BCUT2D eigenvalue weighted by molar-refractivity contribution is 9.11. The summed E-state index contributed by atoms with van der Waals surface area (Å²) in [4.78, 5) is 0. The fourth-order valence-electron chi connectivity index (χ4n) is 1.47. The van der Waals surface area contributed by atoms with Gasteiger partial charge in [-0.2, -0.15) is 0 Å². The van der Waals surface area contributed by atoms with Crippen LogP contribution >= 0.6 is 27.3 Å². The summed E-state index contributed by atoms with van der Waals surface area (Å²) in [6, 6.07) is 6.72. The Labute approximate surface area is 124 Å². The van der Waals surface area contributed by atoms with Gasteiger partial charge in [0.25, 0.3) is 10.0 Å². The lowest BCUT2D eigenvalue weighted by Gasteiger charge is -2.08. The van der Waals surface area contributed by atoms with Crippen LogP contribution in [-0.4, -0.2) is 8.42 Å². The number of aryl methyl sites for hydroxylation is 2. The van der Waals surface area contributed by atoms with Crippen molar-refractivity contribution >= 4 is 48.7 Å². The molecule has 1 heterocycles.